The molecule has 1 N–H and O–H groups in total. The molecule has 1 fully saturated rings. The molecule has 122 valence electrons. The van der Waals surface area contributed by atoms with Gasteiger partial charge < -0.3 is 19.3 Å². The summed E-state index contributed by atoms with van der Waals surface area (Å²) in [6.45, 7) is 3.47. The zero-order chi connectivity index (χ0) is 16.1. The molecule has 1 aliphatic heterocycles. The van der Waals surface area contributed by atoms with Crippen molar-refractivity contribution >= 4 is 0 Å². The van der Waals surface area contributed by atoms with Gasteiger partial charge in [0.25, 0.3) is 0 Å². The van der Waals surface area contributed by atoms with Crippen LogP contribution in [0, 0.1) is 0 Å². The Hall–Kier alpha value is -2.04. The highest BCUT2D eigenvalue weighted by atomic mass is 16.6. The topological polar surface area (TPSA) is 51.2 Å². The molecule has 0 aromatic heterocycles. The fourth-order valence-corrected chi connectivity index (χ4v) is 2.21. The van der Waals surface area contributed by atoms with Gasteiger partial charge in [0.05, 0.1) is 12.7 Å². The first-order chi connectivity index (χ1) is 11.2. The molecule has 3 rings (SSSR count). The second kappa shape index (κ2) is 7.49. The number of hydrogen-bond donors (Lipinski definition) is 1. The van der Waals surface area contributed by atoms with Gasteiger partial charge in [-0.25, -0.2) is 0 Å². The van der Waals surface area contributed by atoms with Gasteiger partial charge in [0.15, 0.2) is 0 Å². The van der Waals surface area contributed by atoms with Crippen molar-refractivity contribution in [2.45, 2.75) is 25.6 Å². The molecule has 0 spiro atoms. The van der Waals surface area contributed by atoms with Gasteiger partial charge in [0.2, 0.25) is 0 Å². The smallest absolute Gasteiger partial charge is 0.119 e. The van der Waals surface area contributed by atoms with Crippen molar-refractivity contribution in [3.63, 3.8) is 0 Å². The average Bonchev–Trinajstić information content (AvgIpc) is 3.38. The molecule has 0 amide bonds. The Balaban J connectivity index is 1.51. The standard InChI is InChI=1S/C19H22O4/c1-14(20)11-21-17-6-2-15(3-7-17)10-16-4-8-18(9-5-16)22-12-19-13-23-19/h2-9,14,19-20H,10-13H2,1H3. The maximum Gasteiger partial charge on any atom is 0.119 e. The van der Waals surface area contributed by atoms with Crippen molar-refractivity contribution in [3.8, 4) is 11.5 Å². The van der Waals surface area contributed by atoms with Crippen LogP contribution in [0.1, 0.15) is 18.1 Å². The van der Waals surface area contributed by atoms with Crippen LogP contribution in [-0.2, 0) is 11.2 Å². The first kappa shape index (κ1) is 15.8. The van der Waals surface area contributed by atoms with Crippen LogP contribution >= 0.6 is 0 Å². The first-order valence-electron chi connectivity index (χ1n) is 7.92. The number of aliphatic hydroxyl groups is 1. The van der Waals surface area contributed by atoms with E-state index in [2.05, 4.69) is 12.1 Å². The van der Waals surface area contributed by atoms with Crippen LogP contribution in [0.3, 0.4) is 0 Å². The number of rotatable bonds is 8. The summed E-state index contributed by atoms with van der Waals surface area (Å²) in [6.07, 6.45) is 0.689. The summed E-state index contributed by atoms with van der Waals surface area (Å²) in [4.78, 5) is 0. The molecule has 2 aromatic carbocycles. The highest BCUT2D eigenvalue weighted by molar-refractivity contribution is 5.34. The van der Waals surface area contributed by atoms with Crippen LogP contribution in [-0.4, -0.2) is 37.1 Å². The molecular weight excluding hydrogens is 292 g/mol. The molecule has 1 heterocycles. The van der Waals surface area contributed by atoms with E-state index in [0.29, 0.717) is 13.2 Å². The monoisotopic (exact) mass is 314 g/mol. The molecule has 23 heavy (non-hydrogen) atoms. The third-order valence-electron chi connectivity index (χ3n) is 3.58. The van der Waals surface area contributed by atoms with Crippen LogP contribution < -0.4 is 9.47 Å². The molecule has 0 bridgehead atoms. The number of hydrogen-bond acceptors (Lipinski definition) is 4. The summed E-state index contributed by atoms with van der Waals surface area (Å²) in [5.41, 5.74) is 2.45. The van der Waals surface area contributed by atoms with Gasteiger partial charge in [-0.05, 0) is 48.7 Å². The SMILES string of the molecule is CC(O)COc1ccc(Cc2ccc(OCC3CO3)cc2)cc1. The molecule has 0 saturated carbocycles. The van der Waals surface area contributed by atoms with Gasteiger partial charge >= 0.3 is 0 Å². The summed E-state index contributed by atoms with van der Waals surface area (Å²) in [5.74, 6) is 1.66. The van der Waals surface area contributed by atoms with E-state index in [1.165, 1.54) is 11.1 Å². The van der Waals surface area contributed by atoms with E-state index in [9.17, 15) is 5.11 Å². The maximum atomic E-state index is 9.22. The molecule has 0 radical (unpaired) electrons. The first-order valence-corrected chi connectivity index (χ1v) is 7.92. The summed E-state index contributed by atoms with van der Waals surface area (Å²) >= 11 is 0. The molecule has 4 heteroatoms. The molecule has 1 saturated heterocycles. The zero-order valence-corrected chi connectivity index (χ0v) is 13.3. The Bertz CT molecular complexity index is 553. The molecule has 2 aromatic rings. The Labute approximate surface area is 136 Å². The zero-order valence-electron chi connectivity index (χ0n) is 13.3. The van der Waals surface area contributed by atoms with Crippen molar-refractivity contribution in [2.75, 3.05) is 19.8 Å². The van der Waals surface area contributed by atoms with E-state index in [-0.39, 0.29) is 6.10 Å². The lowest BCUT2D eigenvalue weighted by Gasteiger charge is -2.09. The summed E-state index contributed by atoms with van der Waals surface area (Å²) < 4.78 is 16.2. The van der Waals surface area contributed by atoms with Crippen molar-refractivity contribution in [3.05, 3.63) is 59.7 Å². The largest absolute Gasteiger partial charge is 0.491 e. The molecule has 1 aliphatic rings. The predicted molar refractivity (Wildman–Crippen MR) is 88.1 cm³/mol. The lowest BCUT2D eigenvalue weighted by Crippen LogP contribution is -2.12. The van der Waals surface area contributed by atoms with Gasteiger partial charge in [0.1, 0.15) is 30.8 Å². The van der Waals surface area contributed by atoms with Crippen LogP contribution in [0.2, 0.25) is 0 Å². The number of epoxide rings is 1. The highest BCUT2D eigenvalue weighted by Gasteiger charge is 2.22. The second-order valence-electron chi connectivity index (χ2n) is 5.89. The van der Waals surface area contributed by atoms with E-state index in [1.807, 2.05) is 36.4 Å². The number of benzene rings is 2. The summed E-state index contributed by atoms with van der Waals surface area (Å²) in [6, 6.07) is 16.1. The molecule has 4 nitrogen and oxygen atoms in total. The minimum atomic E-state index is -0.457. The molecule has 2 atom stereocenters. The molecular formula is C19H22O4. The van der Waals surface area contributed by atoms with Crippen LogP contribution in [0.4, 0.5) is 0 Å². The Kier molecular flexibility index (Phi) is 5.16. The average molecular weight is 314 g/mol. The van der Waals surface area contributed by atoms with Crippen molar-refractivity contribution in [1.82, 2.24) is 0 Å². The van der Waals surface area contributed by atoms with Crippen molar-refractivity contribution < 1.29 is 19.3 Å². The lowest BCUT2D eigenvalue weighted by molar-refractivity contribution is 0.122. The van der Waals surface area contributed by atoms with Gasteiger partial charge in [-0.1, -0.05) is 24.3 Å². The summed E-state index contributed by atoms with van der Waals surface area (Å²) in [5, 5.41) is 9.22. The van der Waals surface area contributed by atoms with E-state index < -0.39 is 6.10 Å². The third kappa shape index (κ3) is 5.27. The molecule has 0 aliphatic carbocycles. The minimum Gasteiger partial charge on any atom is -0.491 e. The molecule has 2 unspecified atom stereocenters. The Morgan fingerprint density at radius 2 is 1.52 bits per heavy atom. The fraction of sp³-hybridized carbons (Fsp3) is 0.368. The number of aliphatic hydroxyl groups excluding tert-OH is 1. The van der Waals surface area contributed by atoms with E-state index in [4.69, 9.17) is 14.2 Å². The van der Waals surface area contributed by atoms with Crippen molar-refractivity contribution in [2.24, 2.45) is 0 Å². The van der Waals surface area contributed by atoms with Gasteiger partial charge in [-0.3, -0.25) is 0 Å². The van der Waals surface area contributed by atoms with Crippen LogP contribution in [0.15, 0.2) is 48.5 Å². The third-order valence-corrected chi connectivity index (χ3v) is 3.58. The maximum absolute atomic E-state index is 9.22. The van der Waals surface area contributed by atoms with Crippen LogP contribution in [0.5, 0.6) is 11.5 Å². The number of ether oxygens (including phenoxy) is 3. The van der Waals surface area contributed by atoms with Gasteiger partial charge in [-0.15, -0.1) is 0 Å². The van der Waals surface area contributed by atoms with Gasteiger partial charge in [0, 0.05) is 0 Å². The summed E-state index contributed by atoms with van der Waals surface area (Å²) in [7, 11) is 0. The highest BCUT2D eigenvalue weighted by Crippen LogP contribution is 2.19. The normalized spacial score (nSPS) is 17.6. The lowest BCUT2D eigenvalue weighted by atomic mass is 10.0. The van der Waals surface area contributed by atoms with E-state index >= 15 is 0 Å². The second-order valence-corrected chi connectivity index (χ2v) is 5.89. The van der Waals surface area contributed by atoms with Gasteiger partial charge in [-0.2, -0.15) is 0 Å². The fourth-order valence-electron chi connectivity index (χ4n) is 2.21. The predicted octanol–water partition coefficient (Wildman–Crippen LogP) is 2.81. The van der Waals surface area contributed by atoms with Crippen LogP contribution in [0.25, 0.3) is 0 Å². The van der Waals surface area contributed by atoms with E-state index in [0.717, 1.165) is 24.5 Å². The quantitative estimate of drug-likeness (QED) is 0.761. The Morgan fingerprint density at radius 1 is 1.00 bits per heavy atom. The van der Waals surface area contributed by atoms with E-state index in [1.54, 1.807) is 6.92 Å². The minimum absolute atomic E-state index is 0.282. The Morgan fingerprint density at radius 3 is 2.00 bits per heavy atom. The van der Waals surface area contributed by atoms with Crippen molar-refractivity contribution in [1.29, 1.82) is 0 Å².